The van der Waals surface area contributed by atoms with Gasteiger partial charge in [0.2, 0.25) is 0 Å². The second kappa shape index (κ2) is 7.23. The SMILES string of the molecule is Cc1ccc(OCC=Cc2ccccc2)c(-n2nc3ccccc3n2)c1. The molecule has 3 aromatic carbocycles. The molecule has 0 radical (unpaired) electrons. The number of benzene rings is 3. The Hall–Kier alpha value is -3.40. The summed E-state index contributed by atoms with van der Waals surface area (Å²) >= 11 is 0. The molecule has 26 heavy (non-hydrogen) atoms. The van der Waals surface area contributed by atoms with Gasteiger partial charge in [-0.25, -0.2) is 0 Å². The molecular weight excluding hydrogens is 322 g/mol. The number of rotatable bonds is 5. The molecule has 0 fully saturated rings. The molecule has 0 bridgehead atoms. The second-order valence-corrected chi connectivity index (χ2v) is 6.07. The van der Waals surface area contributed by atoms with Crippen molar-refractivity contribution in [3.63, 3.8) is 0 Å². The third kappa shape index (κ3) is 3.49. The topological polar surface area (TPSA) is 39.9 Å². The summed E-state index contributed by atoms with van der Waals surface area (Å²) in [5, 5.41) is 9.14. The number of hydrogen-bond acceptors (Lipinski definition) is 3. The van der Waals surface area contributed by atoms with Crippen molar-refractivity contribution in [3.05, 3.63) is 90.0 Å². The Labute approximate surface area is 152 Å². The molecule has 0 atom stereocenters. The van der Waals surface area contributed by atoms with Crippen molar-refractivity contribution in [1.29, 1.82) is 0 Å². The molecule has 0 aliphatic carbocycles. The van der Waals surface area contributed by atoms with E-state index in [0.717, 1.165) is 33.6 Å². The monoisotopic (exact) mass is 341 g/mol. The number of fused-ring (bicyclic) bond motifs is 1. The third-order valence-electron chi connectivity index (χ3n) is 4.06. The van der Waals surface area contributed by atoms with Crippen LogP contribution in [-0.4, -0.2) is 21.6 Å². The maximum absolute atomic E-state index is 5.98. The van der Waals surface area contributed by atoms with Gasteiger partial charge in [0.25, 0.3) is 0 Å². The van der Waals surface area contributed by atoms with Gasteiger partial charge in [0.15, 0.2) is 0 Å². The summed E-state index contributed by atoms with van der Waals surface area (Å²) in [5.41, 5.74) is 4.86. The second-order valence-electron chi connectivity index (χ2n) is 6.07. The van der Waals surface area contributed by atoms with E-state index in [4.69, 9.17) is 4.74 Å². The minimum absolute atomic E-state index is 0.478. The van der Waals surface area contributed by atoms with Crippen LogP contribution in [0.4, 0.5) is 0 Å². The molecule has 4 rings (SSSR count). The van der Waals surface area contributed by atoms with E-state index in [-0.39, 0.29) is 0 Å². The molecule has 0 amide bonds. The standard InChI is InChI=1S/C22H19N3O/c1-17-13-14-22(26-15-7-10-18-8-3-2-4-9-18)21(16-17)25-23-19-11-5-6-12-20(19)24-25/h2-14,16H,15H2,1H3. The third-order valence-corrected chi connectivity index (χ3v) is 4.06. The lowest BCUT2D eigenvalue weighted by molar-refractivity contribution is 0.360. The van der Waals surface area contributed by atoms with Crippen LogP contribution < -0.4 is 4.74 Å². The van der Waals surface area contributed by atoms with Crippen LogP contribution in [0.15, 0.2) is 78.9 Å². The summed E-state index contributed by atoms with van der Waals surface area (Å²) in [6.45, 7) is 2.53. The summed E-state index contributed by atoms with van der Waals surface area (Å²) < 4.78 is 5.98. The highest BCUT2D eigenvalue weighted by atomic mass is 16.5. The molecule has 4 heteroatoms. The van der Waals surface area contributed by atoms with Crippen molar-refractivity contribution in [2.45, 2.75) is 6.92 Å². The van der Waals surface area contributed by atoms with E-state index in [1.807, 2.05) is 79.7 Å². The number of aryl methyl sites for hydroxylation is 1. The van der Waals surface area contributed by atoms with Gasteiger partial charge < -0.3 is 4.74 Å². The van der Waals surface area contributed by atoms with E-state index >= 15 is 0 Å². The van der Waals surface area contributed by atoms with Crippen LogP contribution in [0.25, 0.3) is 22.8 Å². The predicted octanol–water partition coefficient (Wildman–Crippen LogP) is 4.82. The molecule has 0 spiro atoms. The van der Waals surface area contributed by atoms with E-state index in [1.54, 1.807) is 4.80 Å². The molecule has 128 valence electrons. The van der Waals surface area contributed by atoms with Gasteiger partial charge in [-0.15, -0.1) is 15.0 Å². The Morgan fingerprint density at radius 1 is 0.885 bits per heavy atom. The fourth-order valence-corrected chi connectivity index (χ4v) is 2.76. The van der Waals surface area contributed by atoms with Crippen molar-refractivity contribution in [1.82, 2.24) is 15.0 Å². The van der Waals surface area contributed by atoms with Gasteiger partial charge in [0, 0.05) is 0 Å². The van der Waals surface area contributed by atoms with E-state index in [0.29, 0.717) is 6.61 Å². The largest absolute Gasteiger partial charge is 0.487 e. The van der Waals surface area contributed by atoms with Crippen LogP contribution in [0.2, 0.25) is 0 Å². The molecule has 0 unspecified atom stereocenters. The highest BCUT2D eigenvalue weighted by molar-refractivity contribution is 5.73. The Morgan fingerprint density at radius 2 is 1.58 bits per heavy atom. The maximum atomic E-state index is 5.98. The smallest absolute Gasteiger partial charge is 0.147 e. The van der Waals surface area contributed by atoms with Gasteiger partial charge in [0.1, 0.15) is 29.1 Å². The average Bonchev–Trinajstić information content (AvgIpc) is 3.11. The molecule has 0 aliphatic rings. The van der Waals surface area contributed by atoms with Crippen LogP contribution in [0.1, 0.15) is 11.1 Å². The summed E-state index contributed by atoms with van der Waals surface area (Å²) in [4.78, 5) is 1.65. The Balaban J connectivity index is 1.57. The molecule has 1 heterocycles. The highest BCUT2D eigenvalue weighted by Crippen LogP contribution is 2.24. The normalized spacial score (nSPS) is 11.3. The molecule has 0 saturated carbocycles. The fourth-order valence-electron chi connectivity index (χ4n) is 2.76. The summed E-state index contributed by atoms with van der Waals surface area (Å²) in [6.07, 6.45) is 4.06. The lowest BCUT2D eigenvalue weighted by atomic mass is 10.2. The zero-order valence-electron chi connectivity index (χ0n) is 14.5. The Kier molecular flexibility index (Phi) is 4.48. The van der Waals surface area contributed by atoms with Crippen LogP contribution >= 0.6 is 0 Å². The van der Waals surface area contributed by atoms with Crippen molar-refractivity contribution in [2.24, 2.45) is 0 Å². The number of hydrogen-bond donors (Lipinski definition) is 0. The zero-order valence-corrected chi connectivity index (χ0v) is 14.5. The maximum Gasteiger partial charge on any atom is 0.147 e. The average molecular weight is 341 g/mol. The predicted molar refractivity (Wildman–Crippen MR) is 105 cm³/mol. The molecule has 0 saturated heterocycles. The van der Waals surface area contributed by atoms with Gasteiger partial charge in [-0.3, -0.25) is 0 Å². The highest BCUT2D eigenvalue weighted by Gasteiger charge is 2.10. The fraction of sp³-hybridized carbons (Fsp3) is 0.0909. The van der Waals surface area contributed by atoms with Crippen molar-refractivity contribution >= 4 is 17.1 Å². The summed E-state index contributed by atoms with van der Waals surface area (Å²) in [6, 6.07) is 24.0. The lowest BCUT2D eigenvalue weighted by Gasteiger charge is -2.10. The van der Waals surface area contributed by atoms with E-state index in [1.165, 1.54) is 0 Å². The quantitative estimate of drug-likeness (QED) is 0.522. The van der Waals surface area contributed by atoms with Crippen LogP contribution in [0.3, 0.4) is 0 Å². The molecule has 0 N–H and O–H groups in total. The Bertz CT molecular complexity index is 1020. The first-order chi connectivity index (χ1) is 12.8. The first-order valence-corrected chi connectivity index (χ1v) is 8.57. The molecule has 0 aliphatic heterocycles. The molecule has 4 aromatic rings. The van der Waals surface area contributed by atoms with Gasteiger partial charge >= 0.3 is 0 Å². The van der Waals surface area contributed by atoms with Crippen molar-refractivity contribution in [2.75, 3.05) is 6.61 Å². The first-order valence-electron chi connectivity index (χ1n) is 8.57. The summed E-state index contributed by atoms with van der Waals surface area (Å²) in [7, 11) is 0. The van der Waals surface area contributed by atoms with Gasteiger partial charge in [-0.05, 0) is 48.4 Å². The zero-order chi connectivity index (χ0) is 17.8. The van der Waals surface area contributed by atoms with Crippen LogP contribution in [-0.2, 0) is 0 Å². The van der Waals surface area contributed by atoms with E-state index < -0.39 is 0 Å². The minimum atomic E-state index is 0.478. The number of aromatic nitrogens is 3. The van der Waals surface area contributed by atoms with Crippen molar-refractivity contribution in [3.8, 4) is 11.4 Å². The summed E-state index contributed by atoms with van der Waals surface area (Å²) in [5.74, 6) is 0.758. The van der Waals surface area contributed by atoms with Gasteiger partial charge in [0.05, 0.1) is 0 Å². The Morgan fingerprint density at radius 3 is 2.31 bits per heavy atom. The molecule has 4 nitrogen and oxygen atoms in total. The van der Waals surface area contributed by atoms with Gasteiger partial charge in [-0.1, -0.05) is 54.6 Å². The van der Waals surface area contributed by atoms with Gasteiger partial charge in [-0.2, -0.15) is 0 Å². The number of nitrogens with zero attached hydrogens (tertiary/aromatic N) is 3. The van der Waals surface area contributed by atoms with E-state index in [9.17, 15) is 0 Å². The first kappa shape index (κ1) is 16.1. The number of ether oxygens (including phenoxy) is 1. The van der Waals surface area contributed by atoms with E-state index in [2.05, 4.69) is 22.3 Å². The van der Waals surface area contributed by atoms with Crippen LogP contribution in [0, 0.1) is 6.92 Å². The molecular formula is C22H19N3O. The molecule has 1 aromatic heterocycles. The van der Waals surface area contributed by atoms with Crippen molar-refractivity contribution < 1.29 is 4.74 Å². The lowest BCUT2D eigenvalue weighted by Crippen LogP contribution is -2.04. The minimum Gasteiger partial charge on any atom is -0.487 e. The van der Waals surface area contributed by atoms with Crippen LogP contribution in [0.5, 0.6) is 5.75 Å².